The molecule has 0 atom stereocenters. The van der Waals surface area contributed by atoms with Crippen LogP contribution < -0.4 is 4.74 Å². The predicted octanol–water partition coefficient (Wildman–Crippen LogP) is 2.55. The van der Waals surface area contributed by atoms with Crippen molar-refractivity contribution in [2.75, 3.05) is 0 Å². The molecule has 5 nitrogen and oxygen atoms in total. The minimum Gasteiger partial charge on any atom is -0.426 e. The highest BCUT2D eigenvalue weighted by molar-refractivity contribution is 5.71. The summed E-state index contributed by atoms with van der Waals surface area (Å²) in [5, 5.41) is 3.36. The molecule has 5 heteroatoms. The molecular formula is C8H7N3O2. The number of para-hydroxylation sites is 1. The minimum atomic E-state index is -0.444. The SMILES string of the molecule is CC(=O)Oc1ccccc1N=[N+]=[N-]. The number of carbonyl (C=O) groups is 1. The second-order valence-electron chi connectivity index (χ2n) is 2.25. The minimum absolute atomic E-state index is 0.271. The Labute approximate surface area is 74.6 Å². The highest BCUT2D eigenvalue weighted by Crippen LogP contribution is 2.26. The molecule has 0 aromatic heterocycles. The quantitative estimate of drug-likeness (QED) is 0.229. The molecule has 0 N–H and O–H groups in total. The topological polar surface area (TPSA) is 75.1 Å². The summed E-state index contributed by atoms with van der Waals surface area (Å²) in [5.74, 6) is -0.173. The Morgan fingerprint density at radius 2 is 2.23 bits per heavy atom. The van der Waals surface area contributed by atoms with Gasteiger partial charge in [0.2, 0.25) is 0 Å². The lowest BCUT2D eigenvalue weighted by Gasteiger charge is -2.02. The van der Waals surface area contributed by atoms with Gasteiger partial charge in [-0.25, -0.2) is 0 Å². The lowest BCUT2D eigenvalue weighted by Crippen LogP contribution is -2.00. The Morgan fingerprint density at radius 3 is 2.85 bits per heavy atom. The molecule has 0 radical (unpaired) electrons. The standard InChI is InChI=1S/C8H7N3O2/c1-6(12)13-8-5-3-2-4-7(8)10-11-9/h2-5H,1H3. The third-order valence-electron chi connectivity index (χ3n) is 1.27. The van der Waals surface area contributed by atoms with Crippen molar-refractivity contribution in [3.8, 4) is 5.75 Å². The van der Waals surface area contributed by atoms with Crippen molar-refractivity contribution >= 4 is 11.7 Å². The van der Waals surface area contributed by atoms with Gasteiger partial charge in [-0.2, -0.15) is 0 Å². The molecule has 0 aliphatic rings. The summed E-state index contributed by atoms with van der Waals surface area (Å²) in [6.07, 6.45) is 0. The molecule has 0 saturated heterocycles. The van der Waals surface area contributed by atoms with Crippen molar-refractivity contribution in [3.05, 3.63) is 34.7 Å². The fourth-order valence-electron chi connectivity index (χ4n) is 0.829. The van der Waals surface area contributed by atoms with Crippen molar-refractivity contribution in [1.29, 1.82) is 0 Å². The summed E-state index contributed by atoms with van der Waals surface area (Å²) in [5.41, 5.74) is 8.50. The largest absolute Gasteiger partial charge is 0.426 e. The predicted molar refractivity (Wildman–Crippen MR) is 46.6 cm³/mol. The molecule has 0 heterocycles. The lowest BCUT2D eigenvalue weighted by molar-refractivity contribution is -0.131. The van der Waals surface area contributed by atoms with Gasteiger partial charge in [-0.15, -0.1) is 0 Å². The van der Waals surface area contributed by atoms with Gasteiger partial charge >= 0.3 is 5.97 Å². The Morgan fingerprint density at radius 1 is 1.54 bits per heavy atom. The summed E-state index contributed by atoms with van der Waals surface area (Å²) in [6.45, 7) is 1.28. The molecule has 0 spiro atoms. The molecule has 0 aliphatic carbocycles. The maximum atomic E-state index is 10.6. The van der Waals surface area contributed by atoms with E-state index in [1.165, 1.54) is 6.92 Å². The van der Waals surface area contributed by atoms with Crippen LogP contribution >= 0.6 is 0 Å². The number of benzene rings is 1. The van der Waals surface area contributed by atoms with Crippen LogP contribution in [0.3, 0.4) is 0 Å². The Bertz CT molecular complexity index is 369. The average molecular weight is 177 g/mol. The van der Waals surface area contributed by atoms with E-state index < -0.39 is 5.97 Å². The van der Waals surface area contributed by atoms with Crippen LogP contribution in [0.2, 0.25) is 0 Å². The van der Waals surface area contributed by atoms with Crippen molar-refractivity contribution in [1.82, 2.24) is 0 Å². The molecule has 1 rings (SSSR count). The van der Waals surface area contributed by atoms with Gasteiger partial charge < -0.3 is 4.74 Å². The Kier molecular flexibility index (Phi) is 2.89. The van der Waals surface area contributed by atoms with Crippen LogP contribution in [-0.2, 0) is 4.79 Å². The molecule has 0 saturated carbocycles. The van der Waals surface area contributed by atoms with Crippen LogP contribution in [0.25, 0.3) is 10.4 Å². The number of rotatable bonds is 2. The summed E-state index contributed by atoms with van der Waals surface area (Å²) < 4.78 is 4.79. The first-order valence-electron chi connectivity index (χ1n) is 3.56. The van der Waals surface area contributed by atoms with E-state index in [9.17, 15) is 4.79 Å². The van der Waals surface area contributed by atoms with Crippen molar-refractivity contribution in [2.24, 2.45) is 5.11 Å². The monoisotopic (exact) mass is 177 g/mol. The second kappa shape index (κ2) is 4.13. The first-order chi connectivity index (χ1) is 6.24. The summed E-state index contributed by atoms with van der Waals surface area (Å²) in [6, 6.07) is 6.51. The van der Waals surface area contributed by atoms with E-state index in [1.54, 1.807) is 24.3 Å². The second-order valence-corrected chi connectivity index (χ2v) is 2.25. The number of hydrogen-bond acceptors (Lipinski definition) is 3. The van der Waals surface area contributed by atoms with Crippen LogP contribution in [0.15, 0.2) is 29.4 Å². The van der Waals surface area contributed by atoms with Gasteiger partial charge in [0.15, 0.2) is 0 Å². The smallest absolute Gasteiger partial charge is 0.308 e. The summed E-state index contributed by atoms with van der Waals surface area (Å²) in [7, 11) is 0. The molecule has 0 aliphatic heterocycles. The highest BCUT2D eigenvalue weighted by atomic mass is 16.5. The van der Waals surface area contributed by atoms with Crippen LogP contribution in [0.1, 0.15) is 6.92 Å². The molecule has 0 bridgehead atoms. The molecule has 1 aromatic rings. The zero-order chi connectivity index (χ0) is 9.68. The molecule has 0 fully saturated rings. The van der Waals surface area contributed by atoms with Crippen LogP contribution in [0.5, 0.6) is 5.75 Å². The third kappa shape index (κ3) is 2.50. The average Bonchev–Trinajstić information content (AvgIpc) is 2.08. The fourth-order valence-corrected chi connectivity index (χ4v) is 0.829. The van der Waals surface area contributed by atoms with Gasteiger partial charge in [0.25, 0.3) is 0 Å². The first-order valence-corrected chi connectivity index (χ1v) is 3.56. The summed E-state index contributed by atoms with van der Waals surface area (Å²) in [4.78, 5) is 13.2. The van der Waals surface area contributed by atoms with Gasteiger partial charge in [0.1, 0.15) is 5.75 Å². The maximum absolute atomic E-state index is 10.6. The number of carbonyl (C=O) groups excluding carboxylic acids is 1. The van der Waals surface area contributed by atoms with Gasteiger partial charge in [-0.1, -0.05) is 17.2 Å². The number of hydrogen-bond donors (Lipinski definition) is 0. The van der Waals surface area contributed by atoms with E-state index in [0.717, 1.165) is 0 Å². The van der Waals surface area contributed by atoms with E-state index in [2.05, 4.69) is 10.0 Å². The third-order valence-corrected chi connectivity index (χ3v) is 1.27. The number of ether oxygens (including phenoxy) is 1. The summed E-state index contributed by atoms with van der Waals surface area (Å²) >= 11 is 0. The molecule has 0 unspecified atom stereocenters. The van der Waals surface area contributed by atoms with Crippen molar-refractivity contribution in [2.45, 2.75) is 6.92 Å². The van der Waals surface area contributed by atoms with Crippen LogP contribution in [0, 0.1) is 0 Å². The van der Waals surface area contributed by atoms with Crippen molar-refractivity contribution in [3.63, 3.8) is 0 Å². The zero-order valence-corrected chi connectivity index (χ0v) is 6.97. The molecule has 66 valence electrons. The normalized spacial score (nSPS) is 8.69. The van der Waals surface area contributed by atoms with E-state index in [4.69, 9.17) is 10.3 Å². The van der Waals surface area contributed by atoms with Gasteiger partial charge in [0.05, 0.1) is 5.69 Å². The van der Waals surface area contributed by atoms with Gasteiger partial charge in [0, 0.05) is 11.8 Å². The van der Waals surface area contributed by atoms with E-state index in [1.807, 2.05) is 0 Å². The molecular weight excluding hydrogens is 170 g/mol. The van der Waals surface area contributed by atoms with Gasteiger partial charge in [-0.3, -0.25) is 4.79 Å². The molecule has 0 amide bonds. The zero-order valence-electron chi connectivity index (χ0n) is 6.97. The van der Waals surface area contributed by atoms with Crippen LogP contribution in [-0.4, -0.2) is 5.97 Å². The van der Waals surface area contributed by atoms with E-state index in [-0.39, 0.29) is 5.75 Å². The Hall–Kier alpha value is -2.00. The van der Waals surface area contributed by atoms with Gasteiger partial charge in [-0.05, 0) is 17.7 Å². The number of esters is 1. The highest BCUT2D eigenvalue weighted by Gasteiger charge is 2.02. The maximum Gasteiger partial charge on any atom is 0.308 e. The Balaban J connectivity index is 3.04. The van der Waals surface area contributed by atoms with Crippen LogP contribution in [0.4, 0.5) is 5.69 Å². The van der Waals surface area contributed by atoms with Crippen molar-refractivity contribution < 1.29 is 9.53 Å². The molecule has 13 heavy (non-hydrogen) atoms. The number of azide groups is 1. The van der Waals surface area contributed by atoms with E-state index >= 15 is 0 Å². The molecule has 1 aromatic carbocycles. The fraction of sp³-hybridized carbons (Fsp3) is 0.125. The van der Waals surface area contributed by atoms with E-state index in [0.29, 0.717) is 5.69 Å². The lowest BCUT2D eigenvalue weighted by atomic mass is 10.3. The first kappa shape index (κ1) is 9.09. The number of nitrogens with zero attached hydrogens (tertiary/aromatic N) is 3.